The molecule has 2 heterocycles. The molecule has 2 aliphatic rings. The SMILES string of the molecule is N=C(S[C@@H]1CC(=O)N(c2ccccc2)C1=O)N1N=C(c2ccccc2)C[C@H]1c1ccccc1. The number of nitrogens with zero attached hydrogens (tertiary/aromatic N) is 3. The predicted octanol–water partition coefficient (Wildman–Crippen LogP) is 4.84. The van der Waals surface area contributed by atoms with E-state index >= 15 is 0 Å². The van der Waals surface area contributed by atoms with Crippen LogP contribution in [0.4, 0.5) is 5.69 Å². The molecule has 0 radical (unpaired) electrons. The Morgan fingerprint density at radius 3 is 2.12 bits per heavy atom. The van der Waals surface area contributed by atoms with E-state index in [1.165, 1.54) is 4.90 Å². The van der Waals surface area contributed by atoms with Gasteiger partial charge in [0.1, 0.15) is 5.25 Å². The highest BCUT2D eigenvalue weighted by Gasteiger charge is 2.42. The number of amides is 2. The van der Waals surface area contributed by atoms with Crippen molar-refractivity contribution in [2.75, 3.05) is 4.90 Å². The molecule has 0 spiro atoms. The van der Waals surface area contributed by atoms with Crippen LogP contribution < -0.4 is 4.90 Å². The molecular formula is C26H22N4O2S. The van der Waals surface area contributed by atoms with Gasteiger partial charge in [-0.3, -0.25) is 15.0 Å². The Morgan fingerprint density at radius 1 is 0.848 bits per heavy atom. The quantitative estimate of drug-likeness (QED) is 0.348. The maximum Gasteiger partial charge on any atom is 0.247 e. The molecule has 1 saturated heterocycles. The zero-order valence-corrected chi connectivity index (χ0v) is 18.6. The summed E-state index contributed by atoms with van der Waals surface area (Å²) in [5, 5.41) is 14.8. The van der Waals surface area contributed by atoms with Gasteiger partial charge >= 0.3 is 0 Å². The fraction of sp³-hybridized carbons (Fsp3) is 0.154. The van der Waals surface area contributed by atoms with Crippen molar-refractivity contribution in [1.82, 2.24) is 5.01 Å². The molecule has 33 heavy (non-hydrogen) atoms. The second-order valence-electron chi connectivity index (χ2n) is 7.91. The van der Waals surface area contributed by atoms with Gasteiger partial charge in [0.2, 0.25) is 11.8 Å². The number of hydrogen-bond donors (Lipinski definition) is 1. The fourth-order valence-corrected chi connectivity index (χ4v) is 5.15. The lowest BCUT2D eigenvalue weighted by atomic mass is 9.99. The molecule has 164 valence electrons. The van der Waals surface area contributed by atoms with E-state index in [9.17, 15) is 9.59 Å². The highest BCUT2D eigenvalue weighted by atomic mass is 32.2. The Labute approximate surface area is 196 Å². The van der Waals surface area contributed by atoms with Crippen LogP contribution in [0.25, 0.3) is 0 Å². The summed E-state index contributed by atoms with van der Waals surface area (Å²) in [7, 11) is 0. The average molecular weight is 455 g/mol. The number of benzene rings is 3. The largest absolute Gasteiger partial charge is 0.277 e. The van der Waals surface area contributed by atoms with E-state index < -0.39 is 5.25 Å². The summed E-state index contributed by atoms with van der Waals surface area (Å²) in [4.78, 5) is 26.9. The van der Waals surface area contributed by atoms with E-state index in [1.807, 2.05) is 66.7 Å². The van der Waals surface area contributed by atoms with Crippen LogP contribution in [-0.2, 0) is 9.59 Å². The van der Waals surface area contributed by atoms with Crippen molar-refractivity contribution in [1.29, 1.82) is 5.41 Å². The van der Waals surface area contributed by atoms with Crippen LogP contribution in [-0.4, -0.2) is 33.0 Å². The summed E-state index contributed by atoms with van der Waals surface area (Å²) in [6.45, 7) is 0. The Morgan fingerprint density at radius 2 is 1.45 bits per heavy atom. The number of carbonyl (C=O) groups excluding carboxylic acids is 2. The summed E-state index contributed by atoms with van der Waals surface area (Å²) in [5.41, 5.74) is 3.53. The van der Waals surface area contributed by atoms with Crippen molar-refractivity contribution < 1.29 is 9.59 Å². The van der Waals surface area contributed by atoms with E-state index in [0.29, 0.717) is 12.1 Å². The number of anilines is 1. The molecule has 3 aromatic rings. The van der Waals surface area contributed by atoms with Crippen molar-refractivity contribution in [2.45, 2.75) is 24.1 Å². The molecule has 6 nitrogen and oxygen atoms in total. The molecule has 0 aliphatic carbocycles. The minimum absolute atomic E-state index is 0.0693. The van der Waals surface area contributed by atoms with Crippen molar-refractivity contribution in [2.24, 2.45) is 5.10 Å². The number of hydrazone groups is 1. The lowest BCUT2D eigenvalue weighted by Gasteiger charge is -2.24. The third-order valence-electron chi connectivity index (χ3n) is 5.78. The number of amidine groups is 1. The standard InChI is InChI=1S/C26H22N4O2S/c27-26(33-23-17-24(31)29(25(23)32)20-14-8-3-9-15-20)30-22(19-12-6-2-7-13-19)16-21(28-30)18-10-4-1-5-11-18/h1-15,22-23,27H,16-17H2/t22-,23+/m0/s1. The molecule has 0 bridgehead atoms. The molecule has 2 aliphatic heterocycles. The first kappa shape index (κ1) is 21.2. The molecule has 5 rings (SSSR count). The summed E-state index contributed by atoms with van der Waals surface area (Å²) in [6, 6.07) is 28.7. The maximum atomic E-state index is 13.0. The number of carbonyl (C=O) groups is 2. The molecule has 1 N–H and O–H groups in total. The van der Waals surface area contributed by atoms with Gasteiger partial charge in [0.25, 0.3) is 0 Å². The van der Waals surface area contributed by atoms with E-state index in [-0.39, 0.29) is 29.4 Å². The molecule has 3 aromatic carbocycles. The molecular weight excluding hydrogens is 432 g/mol. The number of nitrogens with one attached hydrogen (secondary N) is 1. The van der Waals surface area contributed by atoms with Crippen LogP contribution in [0, 0.1) is 5.41 Å². The minimum atomic E-state index is -0.641. The summed E-state index contributed by atoms with van der Waals surface area (Å²) in [5.74, 6) is -0.533. The van der Waals surface area contributed by atoms with Gasteiger partial charge in [-0.1, -0.05) is 90.6 Å². The third-order valence-corrected chi connectivity index (χ3v) is 6.85. The lowest BCUT2D eigenvalue weighted by Crippen LogP contribution is -2.32. The summed E-state index contributed by atoms with van der Waals surface area (Å²) < 4.78 is 0. The van der Waals surface area contributed by atoms with Crippen LogP contribution >= 0.6 is 11.8 Å². The summed E-state index contributed by atoms with van der Waals surface area (Å²) >= 11 is 1.10. The van der Waals surface area contributed by atoms with Crippen molar-refractivity contribution in [3.8, 4) is 0 Å². The number of para-hydroxylation sites is 1. The van der Waals surface area contributed by atoms with Crippen LogP contribution in [0.15, 0.2) is 96.1 Å². The fourth-order valence-electron chi connectivity index (χ4n) is 4.17. The average Bonchev–Trinajstić information content (AvgIpc) is 3.42. The van der Waals surface area contributed by atoms with Crippen molar-refractivity contribution >= 4 is 40.1 Å². The highest BCUT2D eigenvalue weighted by Crippen LogP contribution is 2.37. The zero-order chi connectivity index (χ0) is 22.8. The van der Waals surface area contributed by atoms with Gasteiger partial charge < -0.3 is 0 Å². The third kappa shape index (κ3) is 4.19. The maximum absolute atomic E-state index is 13.0. The van der Waals surface area contributed by atoms with Gasteiger partial charge in [-0.25, -0.2) is 9.91 Å². The smallest absolute Gasteiger partial charge is 0.247 e. The summed E-state index contributed by atoms with van der Waals surface area (Å²) in [6.07, 6.45) is 0.727. The first-order chi connectivity index (χ1) is 16.1. The van der Waals surface area contributed by atoms with Crippen LogP contribution in [0.5, 0.6) is 0 Å². The van der Waals surface area contributed by atoms with Gasteiger partial charge in [0, 0.05) is 12.8 Å². The van der Waals surface area contributed by atoms with Gasteiger partial charge in [-0.2, -0.15) is 5.10 Å². The molecule has 0 aromatic heterocycles. The second kappa shape index (κ2) is 9.03. The Bertz CT molecular complexity index is 1210. The highest BCUT2D eigenvalue weighted by molar-refractivity contribution is 8.14. The number of rotatable bonds is 4. The molecule has 0 saturated carbocycles. The monoisotopic (exact) mass is 454 g/mol. The molecule has 7 heteroatoms. The van der Waals surface area contributed by atoms with Crippen molar-refractivity contribution in [3.05, 3.63) is 102 Å². The normalized spacial score (nSPS) is 20.3. The number of hydrogen-bond acceptors (Lipinski definition) is 5. The molecule has 2 amide bonds. The van der Waals surface area contributed by atoms with E-state index in [2.05, 4.69) is 0 Å². The molecule has 1 fully saturated rings. The van der Waals surface area contributed by atoms with Crippen molar-refractivity contribution in [3.63, 3.8) is 0 Å². The van der Waals surface area contributed by atoms with Crippen LogP contribution in [0.3, 0.4) is 0 Å². The zero-order valence-electron chi connectivity index (χ0n) is 17.8. The molecule has 2 atom stereocenters. The first-order valence-electron chi connectivity index (χ1n) is 10.8. The topological polar surface area (TPSA) is 76.8 Å². The van der Waals surface area contributed by atoms with E-state index in [1.54, 1.807) is 29.3 Å². The Balaban J connectivity index is 1.39. The Hall–Kier alpha value is -3.71. The first-order valence-corrected chi connectivity index (χ1v) is 11.6. The number of imide groups is 1. The van der Waals surface area contributed by atoms with E-state index in [0.717, 1.165) is 28.6 Å². The van der Waals surface area contributed by atoms with Crippen LogP contribution in [0.2, 0.25) is 0 Å². The predicted molar refractivity (Wildman–Crippen MR) is 131 cm³/mol. The van der Waals surface area contributed by atoms with Gasteiger partial charge in [0.05, 0.1) is 17.4 Å². The van der Waals surface area contributed by atoms with Gasteiger partial charge in [-0.15, -0.1) is 0 Å². The Kier molecular flexibility index (Phi) is 5.79. The molecule has 0 unspecified atom stereocenters. The number of thioether (sulfide) groups is 1. The lowest BCUT2D eigenvalue weighted by molar-refractivity contribution is -0.121. The van der Waals surface area contributed by atoms with Gasteiger partial charge in [0.15, 0.2) is 5.17 Å². The van der Waals surface area contributed by atoms with Crippen LogP contribution in [0.1, 0.15) is 30.0 Å². The van der Waals surface area contributed by atoms with Gasteiger partial charge in [-0.05, 0) is 23.3 Å². The minimum Gasteiger partial charge on any atom is -0.277 e. The van der Waals surface area contributed by atoms with E-state index in [4.69, 9.17) is 10.5 Å². The second-order valence-corrected chi connectivity index (χ2v) is 9.10.